The van der Waals surface area contributed by atoms with Crippen molar-refractivity contribution in [1.82, 2.24) is 15.0 Å². The third-order valence-electron chi connectivity index (χ3n) is 5.04. The Bertz CT molecular complexity index is 1150. The Morgan fingerprint density at radius 2 is 1.81 bits per heavy atom. The summed E-state index contributed by atoms with van der Waals surface area (Å²) in [5.41, 5.74) is 2.54. The van der Waals surface area contributed by atoms with E-state index in [1.54, 1.807) is 13.3 Å². The Hall–Kier alpha value is -3.25. The van der Waals surface area contributed by atoms with Gasteiger partial charge in [0.15, 0.2) is 11.5 Å². The van der Waals surface area contributed by atoms with Crippen molar-refractivity contribution in [2.75, 3.05) is 13.7 Å². The summed E-state index contributed by atoms with van der Waals surface area (Å²) in [6, 6.07) is 15.2. The number of halogens is 1. The lowest BCUT2D eigenvalue weighted by Gasteiger charge is -2.09. The first-order chi connectivity index (χ1) is 15.7. The number of rotatable bonds is 10. The number of ether oxygens (including phenoxy) is 2. The van der Waals surface area contributed by atoms with Gasteiger partial charge in [-0.1, -0.05) is 42.8 Å². The monoisotopic (exact) mass is 451 g/mol. The van der Waals surface area contributed by atoms with Crippen molar-refractivity contribution in [2.24, 2.45) is 0 Å². The van der Waals surface area contributed by atoms with Crippen LogP contribution in [0.1, 0.15) is 31.4 Å². The van der Waals surface area contributed by atoms with Crippen LogP contribution in [0, 0.1) is 0 Å². The summed E-state index contributed by atoms with van der Waals surface area (Å²) in [4.78, 5) is 12.5. The molecular weight excluding hydrogens is 426 g/mol. The van der Waals surface area contributed by atoms with Gasteiger partial charge in [-0.3, -0.25) is 0 Å². The minimum absolute atomic E-state index is 0.529. The molecule has 0 unspecified atom stereocenters. The molecule has 7 heteroatoms. The highest BCUT2D eigenvalue weighted by molar-refractivity contribution is 6.30. The molecule has 0 spiro atoms. The molecular formula is C25H26ClN3O3. The van der Waals surface area contributed by atoms with E-state index in [1.807, 2.05) is 48.5 Å². The number of aromatic amines is 1. The maximum Gasteiger partial charge on any atom is 0.245 e. The smallest absolute Gasteiger partial charge is 0.245 e. The molecule has 0 aliphatic heterocycles. The molecule has 0 saturated carbocycles. The first-order valence-corrected chi connectivity index (χ1v) is 11.1. The van der Waals surface area contributed by atoms with E-state index in [1.165, 1.54) is 0 Å². The van der Waals surface area contributed by atoms with Crippen molar-refractivity contribution >= 4 is 11.6 Å². The fourth-order valence-electron chi connectivity index (χ4n) is 3.46. The van der Waals surface area contributed by atoms with Gasteiger partial charge < -0.3 is 18.9 Å². The zero-order valence-corrected chi connectivity index (χ0v) is 19.0. The van der Waals surface area contributed by atoms with Crippen LogP contribution in [0.25, 0.3) is 22.8 Å². The van der Waals surface area contributed by atoms with Crippen LogP contribution in [0.4, 0.5) is 0 Å². The molecule has 4 aromatic rings. The van der Waals surface area contributed by atoms with E-state index in [0.29, 0.717) is 23.9 Å². The topological polar surface area (TPSA) is 73.2 Å². The molecule has 166 valence electrons. The van der Waals surface area contributed by atoms with Crippen LogP contribution in [-0.4, -0.2) is 28.7 Å². The molecule has 0 amide bonds. The third-order valence-corrected chi connectivity index (χ3v) is 5.29. The van der Waals surface area contributed by atoms with Crippen molar-refractivity contribution in [3.8, 4) is 34.3 Å². The number of imidazole rings is 1. The summed E-state index contributed by atoms with van der Waals surface area (Å²) in [6.07, 6.45) is 5.12. The summed E-state index contributed by atoms with van der Waals surface area (Å²) in [5, 5.41) is 0.682. The van der Waals surface area contributed by atoms with Gasteiger partial charge in [0.1, 0.15) is 23.0 Å². The molecule has 1 N–H and O–H groups in total. The van der Waals surface area contributed by atoms with Gasteiger partial charge in [0.2, 0.25) is 5.89 Å². The van der Waals surface area contributed by atoms with Crippen LogP contribution in [0.15, 0.2) is 59.1 Å². The first kappa shape index (κ1) is 22.0. The molecule has 0 saturated heterocycles. The number of nitrogens with one attached hydrogen (secondary N) is 1. The lowest BCUT2D eigenvalue weighted by molar-refractivity contribution is 0.286. The van der Waals surface area contributed by atoms with E-state index in [9.17, 15) is 0 Å². The predicted molar refractivity (Wildman–Crippen MR) is 125 cm³/mol. The summed E-state index contributed by atoms with van der Waals surface area (Å²) >= 11 is 6.07. The molecule has 32 heavy (non-hydrogen) atoms. The number of aryl methyl sites for hydroxylation is 2. The Morgan fingerprint density at radius 1 is 1.03 bits per heavy atom. The number of benzene rings is 2. The van der Waals surface area contributed by atoms with E-state index in [2.05, 4.69) is 16.9 Å². The summed E-state index contributed by atoms with van der Waals surface area (Å²) in [5.74, 6) is 3.72. The number of hydrogen-bond donors (Lipinski definition) is 1. The highest BCUT2D eigenvalue weighted by Gasteiger charge is 2.18. The van der Waals surface area contributed by atoms with Gasteiger partial charge in [0, 0.05) is 23.4 Å². The molecule has 0 fully saturated rings. The maximum absolute atomic E-state index is 6.18. The van der Waals surface area contributed by atoms with Gasteiger partial charge in [0.05, 0.1) is 19.9 Å². The molecule has 6 nitrogen and oxygen atoms in total. The second-order valence-electron chi connectivity index (χ2n) is 7.39. The van der Waals surface area contributed by atoms with Crippen LogP contribution in [0.2, 0.25) is 5.02 Å². The molecule has 2 heterocycles. The van der Waals surface area contributed by atoms with E-state index in [4.69, 9.17) is 30.5 Å². The second kappa shape index (κ2) is 10.4. The number of para-hydroxylation sites is 2. The molecule has 0 aliphatic carbocycles. The Labute approximate surface area is 192 Å². The van der Waals surface area contributed by atoms with Crippen molar-refractivity contribution in [3.05, 3.63) is 71.3 Å². The summed E-state index contributed by atoms with van der Waals surface area (Å²) in [7, 11) is 1.64. The van der Waals surface area contributed by atoms with Crippen molar-refractivity contribution < 1.29 is 13.9 Å². The third kappa shape index (κ3) is 5.14. The van der Waals surface area contributed by atoms with E-state index in [-0.39, 0.29) is 0 Å². The Balaban J connectivity index is 1.52. The van der Waals surface area contributed by atoms with E-state index >= 15 is 0 Å². The first-order valence-electron chi connectivity index (χ1n) is 10.7. The number of H-pyrrole nitrogens is 1. The molecule has 0 atom stereocenters. The van der Waals surface area contributed by atoms with Gasteiger partial charge in [-0.15, -0.1) is 0 Å². The molecule has 0 radical (unpaired) electrons. The average molecular weight is 452 g/mol. The highest BCUT2D eigenvalue weighted by atomic mass is 35.5. The molecule has 0 bridgehead atoms. The molecule has 2 aromatic heterocycles. The maximum atomic E-state index is 6.18. The number of methoxy groups -OCH3 is 1. The van der Waals surface area contributed by atoms with Gasteiger partial charge in [-0.2, -0.15) is 0 Å². The minimum atomic E-state index is 0.529. The lowest BCUT2D eigenvalue weighted by Crippen LogP contribution is -2.01. The van der Waals surface area contributed by atoms with Crippen molar-refractivity contribution in [3.63, 3.8) is 0 Å². The van der Waals surface area contributed by atoms with Crippen LogP contribution in [-0.2, 0) is 12.8 Å². The number of aromatic nitrogens is 3. The summed E-state index contributed by atoms with van der Waals surface area (Å²) < 4.78 is 17.4. The zero-order chi connectivity index (χ0) is 22.3. The van der Waals surface area contributed by atoms with Crippen LogP contribution in [0.5, 0.6) is 11.5 Å². The Morgan fingerprint density at radius 3 is 2.56 bits per heavy atom. The number of oxazole rings is 1. The van der Waals surface area contributed by atoms with Crippen LogP contribution < -0.4 is 9.47 Å². The SMILES string of the molecule is CCCc1ncc(-c2nc(-c3ccc(Cl)cc3)c(CCCOc3ccccc3OC)o2)[nH]1. The second-order valence-corrected chi connectivity index (χ2v) is 7.83. The van der Waals surface area contributed by atoms with Crippen LogP contribution in [0.3, 0.4) is 0 Å². The summed E-state index contributed by atoms with van der Waals surface area (Å²) in [6.45, 7) is 2.65. The lowest BCUT2D eigenvalue weighted by atomic mass is 10.1. The fraction of sp³-hybridized carbons (Fsp3) is 0.280. The quantitative estimate of drug-likeness (QED) is 0.284. The highest BCUT2D eigenvalue weighted by Crippen LogP contribution is 2.31. The molecule has 4 rings (SSSR count). The van der Waals surface area contributed by atoms with E-state index < -0.39 is 0 Å². The zero-order valence-electron chi connectivity index (χ0n) is 18.2. The molecule has 0 aliphatic rings. The van der Waals surface area contributed by atoms with E-state index in [0.717, 1.165) is 59.3 Å². The normalized spacial score (nSPS) is 11.0. The standard InChI is InChI=1S/C25H26ClN3O3/c1-3-7-23-27-16-19(28-23)25-29-24(17-11-13-18(26)14-12-17)22(32-25)10-6-15-31-21-9-5-4-8-20(21)30-2/h4-5,8-9,11-14,16H,3,6-7,10,15H2,1-2H3,(H,27,28). The largest absolute Gasteiger partial charge is 0.493 e. The molecule has 2 aromatic carbocycles. The van der Waals surface area contributed by atoms with Crippen molar-refractivity contribution in [2.45, 2.75) is 32.6 Å². The van der Waals surface area contributed by atoms with Gasteiger partial charge in [0.25, 0.3) is 0 Å². The average Bonchev–Trinajstić information content (AvgIpc) is 3.45. The number of hydrogen-bond acceptors (Lipinski definition) is 5. The number of nitrogens with zero attached hydrogens (tertiary/aromatic N) is 2. The van der Waals surface area contributed by atoms with Gasteiger partial charge in [-0.25, -0.2) is 9.97 Å². The van der Waals surface area contributed by atoms with Crippen molar-refractivity contribution in [1.29, 1.82) is 0 Å². The fourth-order valence-corrected chi connectivity index (χ4v) is 3.58. The Kier molecular flexibility index (Phi) is 7.12. The predicted octanol–water partition coefficient (Wildman–Crippen LogP) is 6.36. The van der Waals surface area contributed by atoms with Gasteiger partial charge >= 0.3 is 0 Å². The van der Waals surface area contributed by atoms with Crippen LogP contribution >= 0.6 is 11.6 Å². The van der Waals surface area contributed by atoms with Gasteiger partial charge in [-0.05, 0) is 37.1 Å². The minimum Gasteiger partial charge on any atom is -0.493 e.